The van der Waals surface area contributed by atoms with E-state index < -0.39 is 0 Å². The molecular weight excluding hydrogens is 204 g/mol. The number of carbonyl (C=O) groups is 1. The van der Waals surface area contributed by atoms with Crippen molar-refractivity contribution in [2.75, 3.05) is 0 Å². The smallest absolute Gasteiger partial charge is 0.161 e. The number of aromatic nitrogens is 4. The van der Waals surface area contributed by atoms with Gasteiger partial charge in [-0.25, -0.2) is 0 Å². The minimum absolute atomic E-state index is 0.0768. The van der Waals surface area contributed by atoms with Gasteiger partial charge in [0.1, 0.15) is 5.82 Å². The van der Waals surface area contributed by atoms with Gasteiger partial charge >= 0.3 is 0 Å². The maximum Gasteiger partial charge on any atom is 0.161 e. The zero-order valence-electron chi connectivity index (χ0n) is 9.64. The second kappa shape index (κ2) is 3.92. The fourth-order valence-electron chi connectivity index (χ4n) is 1.50. The van der Waals surface area contributed by atoms with Crippen LogP contribution < -0.4 is 0 Å². The van der Waals surface area contributed by atoms with Gasteiger partial charge in [-0.1, -0.05) is 0 Å². The van der Waals surface area contributed by atoms with E-state index in [4.69, 9.17) is 0 Å². The second-order valence-corrected chi connectivity index (χ2v) is 3.85. The largest absolute Gasteiger partial charge is 0.346 e. The topological polar surface area (TPSA) is 52.7 Å². The summed E-state index contributed by atoms with van der Waals surface area (Å²) in [5.74, 6) is 1.84. The molecule has 0 fully saturated rings. The predicted octanol–water partition coefficient (Wildman–Crippen LogP) is 1.18. The molecule has 0 amide bonds. The molecule has 2 aromatic heterocycles. The lowest BCUT2D eigenvalue weighted by atomic mass is 10.2. The van der Waals surface area contributed by atoms with E-state index in [0.29, 0.717) is 6.54 Å². The summed E-state index contributed by atoms with van der Waals surface area (Å²) in [6.07, 6.45) is 3.70. The van der Waals surface area contributed by atoms with Crippen molar-refractivity contribution >= 4 is 5.78 Å². The highest BCUT2D eigenvalue weighted by Gasteiger charge is 2.07. The molecule has 0 spiro atoms. The van der Waals surface area contributed by atoms with E-state index >= 15 is 0 Å². The maximum atomic E-state index is 11.1. The fourth-order valence-corrected chi connectivity index (χ4v) is 1.50. The van der Waals surface area contributed by atoms with Crippen molar-refractivity contribution in [2.45, 2.75) is 20.4 Å². The number of rotatable bonds is 3. The summed E-state index contributed by atoms with van der Waals surface area (Å²) in [7, 11) is 1.93. The molecule has 0 atom stereocenters. The van der Waals surface area contributed by atoms with Crippen LogP contribution in [0.2, 0.25) is 0 Å². The van der Waals surface area contributed by atoms with E-state index in [1.165, 1.54) is 0 Å². The molecule has 5 heteroatoms. The molecule has 0 saturated heterocycles. The van der Waals surface area contributed by atoms with Crippen LogP contribution in [0.5, 0.6) is 0 Å². The minimum atomic E-state index is 0.0768. The zero-order chi connectivity index (χ0) is 11.7. The van der Waals surface area contributed by atoms with Crippen molar-refractivity contribution in [1.29, 1.82) is 0 Å². The summed E-state index contributed by atoms with van der Waals surface area (Å²) >= 11 is 0. The first-order valence-corrected chi connectivity index (χ1v) is 5.09. The summed E-state index contributed by atoms with van der Waals surface area (Å²) in [6, 6.07) is 1.81. The van der Waals surface area contributed by atoms with Gasteiger partial charge in [0.25, 0.3) is 0 Å². The SMILES string of the molecule is CC(=O)c1ccn(Cc2nnc(C)n2C)c1. The molecular formula is C11H14N4O. The van der Waals surface area contributed by atoms with Gasteiger partial charge in [-0.3, -0.25) is 4.79 Å². The van der Waals surface area contributed by atoms with Crippen LogP contribution in [0.1, 0.15) is 28.9 Å². The molecule has 84 valence electrons. The molecule has 0 aliphatic heterocycles. The first kappa shape index (κ1) is 10.6. The quantitative estimate of drug-likeness (QED) is 0.727. The van der Waals surface area contributed by atoms with Gasteiger partial charge in [-0.2, -0.15) is 0 Å². The Morgan fingerprint density at radius 2 is 2.19 bits per heavy atom. The van der Waals surface area contributed by atoms with Crippen LogP contribution in [0.4, 0.5) is 0 Å². The Kier molecular flexibility index (Phi) is 2.60. The van der Waals surface area contributed by atoms with Crippen LogP contribution in [-0.4, -0.2) is 25.1 Å². The third-order valence-electron chi connectivity index (χ3n) is 2.66. The van der Waals surface area contributed by atoms with E-state index in [0.717, 1.165) is 17.2 Å². The summed E-state index contributed by atoms with van der Waals surface area (Å²) < 4.78 is 3.87. The van der Waals surface area contributed by atoms with E-state index in [-0.39, 0.29) is 5.78 Å². The van der Waals surface area contributed by atoms with E-state index in [2.05, 4.69) is 10.2 Å². The summed E-state index contributed by atoms with van der Waals surface area (Å²) in [4.78, 5) is 11.1. The van der Waals surface area contributed by atoms with Gasteiger partial charge in [0.15, 0.2) is 11.6 Å². The molecule has 0 aromatic carbocycles. The Morgan fingerprint density at radius 3 is 2.69 bits per heavy atom. The van der Waals surface area contributed by atoms with Crippen molar-refractivity contribution in [3.8, 4) is 0 Å². The van der Waals surface area contributed by atoms with E-state index in [1.54, 1.807) is 6.92 Å². The highest BCUT2D eigenvalue weighted by Crippen LogP contribution is 2.05. The molecule has 0 radical (unpaired) electrons. The van der Waals surface area contributed by atoms with Gasteiger partial charge in [0.2, 0.25) is 0 Å². The number of aryl methyl sites for hydroxylation is 1. The molecule has 0 unspecified atom stereocenters. The normalized spacial score (nSPS) is 10.7. The molecule has 0 aliphatic rings. The Morgan fingerprint density at radius 1 is 1.44 bits per heavy atom. The first-order valence-electron chi connectivity index (χ1n) is 5.09. The van der Waals surface area contributed by atoms with Crippen LogP contribution in [-0.2, 0) is 13.6 Å². The maximum absolute atomic E-state index is 11.1. The van der Waals surface area contributed by atoms with Crippen molar-refractivity contribution in [3.63, 3.8) is 0 Å². The number of Topliss-reactive ketones (excluding diaryl/α,β-unsaturated/α-hetero) is 1. The molecule has 0 saturated carbocycles. The number of hydrogen-bond acceptors (Lipinski definition) is 3. The number of ketones is 1. The minimum Gasteiger partial charge on any atom is -0.346 e. The summed E-state index contributed by atoms with van der Waals surface area (Å²) in [5, 5.41) is 8.06. The predicted molar refractivity (Wildman–Crippen MR) is 59.3 cm³/mol. The molecule has 5 nitrogen and oxygen atoms in total. The highest BCUT2D eigenvalue weighted by molar-refractivity contribution is 5.93. The van der Waals surface area contributed by atoms with Crippen molar-refractivity contribution in [3.05, 3.63) is 35.7 Å². The van der Waals surface area contributed by atoms with Crippen molar-refractivity contribution in [2.24, 2.45) is 7.05 Å². The van der Waals surface area contributed by atoms with Crippen molar-refractivity contribution in [1.82, 2.24) is 19.3 Å². The molecule has 2 heterocycles. The number of carbonyl (C=O) groups excluding carboxylic acids is 1. The Balaban J connectivity index is 2.21. The van der Waals surface area contributed by atoms with Gasteiger partial charge in [-0.05, 0) is 19.9 Å². The van der Waals surface area contributed by atoms with Crippen molar-refractivity contribution < 1.29 is 4.79 Å². The number of nitrogens with zero attached hydrogens (tertiary/aromatic N) is 4. The average Bonchev–Trinajstić information content (AvgIpc) is 2.81. The molecule has 2 rings (SSSR count). The standard InChI is InChI=1S/C11H14N4O/c1-8(16)10-4-5-15(6-10)7-11-13-12-9(2)14(11)3/h4-6H,7H2,1-3H3. The first-order chi connectivity index (χ1) is 7.58. The fraction of sp³-hybridized carbons (Fsp3) is 0.364. The van der Waals surface area contributed by atoms with Crippen LogP contribution >= 0.6 is 0 Å². The third-order valence-corrected chi connectivity index (χ3v) is 2.66. The lowest BCUT2D eigenvalue weighted by molar-refractivity contribution is 0.101. The Labute approximate surface area is 93.7 Å². The monoisotopic (exact) mass is 218 g/mol. The zero-order valence-corrected chi connectivity index (χ0v) is 9.64. The Hall–Kier alpha value is -1.91. The lowest BCUT2D eigenvalue weighted by Gasteiger charge is -2.02. The Bertz CT molecular complexity index is 524. The molecule has 0 N–H and O–H groups in total. The lowest BCUT2D eigenvalue weighted by Crippen LogP contribution is -2.05. The second-order valence-electron chi connectivity index (χ2n) is 3.85. The molecule has 16 heavy (non-hydrogen) atoms. The molecule has 0 bridgehead atoms. The molecule has 2 aromatic rings. The van der Waals surface area contributed by atoms with Crippen LogP contribution in [0.15, 0.2) is 18.5 Å². The van der Waals surface area contributed by atoms with E-state index in [9.17, 15) is 4.79 Å². The summed E-state index contributed by atoms with van der Waals surface area (Å²) in [6.45, 7) is 4.10. The van der Waals surface area contributed by atoms with Gasteiger partial charge in [0.05, 0.1) is 6.54 Å². The van der Waals surface area contributed by atoms with Gasteiger partial charge < -0.3 is 9.13 Å². The average molecular weight is 218 g/mol. The highest BCUT2D eigenvalue weighted by atomic mass is 16.1. The van der Waals surface area contributed by atoms with Gasteiger partial charge in [0, 0.05) is 25.0 Å². The van der Waals surface area contributed by atoms with Crippen LogP contribution in [0.25, 0.3) is 0 Å². The van der Waals surface area contributed by atoms with Crippen LogP contribution in [0.3, 0.4) is 0 Å². The molecule has 0 aliphatic carbocycles. The number of hydrogen-bond donors (Lipinski definition) is 0. The van der Waals surface area contributed by atoms with Gasteiger partial charge in [-0.15, -0.1) is 10.2 Å². The third kappa shape index (κ3) is 1.88. The van der Waals surface area contributed by atoms with Crippen LogP contribution in [0, 0.1) is 6.92 Å². The summed E-state index contributed by atoms with van der Waals surface area (Å²) in [5.41, 5.74) is 0.721. The van der Waals surface area contributed by atoms with E-state index in [1.807, 2.05) is 41.6 Å².